The fraction of sp³-hybridized carbons (Fsp3) is 0.208. The van der Waals surface area contributed by atoms with Crippen molar-refractivity contribution in [2.24, 2.45) is 0 Å². The van der Waals surface area contributed by atoms with E-state index in [0.29, 0.717) is 23.1 Å². The Balaban J connectivity index is 1.48. The van der Waals surface area contributed by atoms with Crippen molar-refractivity contribution in [2.75, 3.05) is 5.32 Å². The van der Waals surface area contributed by atoms with Gasteiger partial charge in [0, 0.05) is 33.5 Å². The summed E-state index contributed by atoms with van der Waals surface area (Å²) in [6, 6.07) is 15.1. The number of hydrogen-bond donors (Lipinski definition) is 1. The number of nitrogens with zero attached hydrogens (tertiary/aromatic N) is 2. The zero-order valence-electron chi connectivity index (χ0n) is 17.4. The highest BCUT2D eigenvalue weighted by molar-refractivity contribution is 7.98. The third-order valence-electron chi connectivity index (χ3n) is 5.13. The maximum atomic E-state index is 11.4. The van der Waals surface area contributed by atoms with Gasteiger partial charge in [0.25, 0.3) is 0 Å². The number of fused-ring (bicyclic) bond motifs is 3. The quantitative estimate of drug-likeness (QED) is 0.304. The Kier molecular flexibility index (Phi) is 6.04. The number of carbonyl (C=O) groups is 1. The number of amides is 1. The molecule has 2 aromatic heterocycles. The van der Waals surface area contributed by atoms with Gasteiger partial charge in [0.15, 0.2) is 0 Å². The number of carbonyl (C=O) groups excluding carboxylic acids is 1. The number of nitrogens with one attached hydrogen (secondary N) is 1. The molecule has 162 valence electrons. The van der Waals surface area contributed by atoms with Crippen LogP contribution in [-0.4, -0.2) is 15.9 Å². The molecule has 0 fully saturated rings. The molecule has 0 saturated heterocycles. The minimum absolute atomic E-state index is 0.122. The molecule has 1 amide bonds. The standard InChI is InChI=1S/C24H20ClN3O2S2/c1-14(29)26-16-4-2-5-17(12-16)30-23-22-19-6-3-7-20(19)32-24(22)28-21(27-23)13-31-18-10-8-15(25)9-11-18/h2,4-5,8-12H,3,6-7,13H2,1H3,(H,26,29). The van der Waals surface area contributed by atoms with E-state index >= 15 is 0 Å². The van der Waals surface area contributed by atoms with Gasteiger partial charge in [-0.05, 0) is 61.2 Å². The van der Waals surface area contributed by atoms with E-state index < -0.39 is 0 Å². The second-order valence-electron chi connectivity index (χ2n) is 7.54. The van der Waals surface area contributed by atoms with Gasteiger partial charge in [-0.2, -0.15) is 4.98 Å². The van der Waals surface area contributed by atoms with Crippen LogP contribution in [0.4, 0.5) is 5.69 Å². The lowest BCUT2D eigenvalue weighted by Gasteiger charge is -2.11. The maximum Gasteiger partial charge on any atom is 0.231 e. The lowest BCUT2D eigenvalue weighted by atomic mass is 10.2. The van der Waals surface area contributed by atoms with Crippen molar-refractivity contribution < 1.29 is 9.53 Å². The fourth-order valence-electron chi connectivity index (χ4n) is 3.77. The van der Waals surface area contributed by atoms with Crippen LogP contribution in [0.25, 0.3) is 10.2 Å². The minimum atomic E-state index is -0.122. The van der Waals surface area contributed by atoms with Crippen molar-refractivity contribution in [3.8, 4) is 11.6 Å². The molecule has 4 aromatic rings. The van der Waals surface area contributed by atoms with Crippen molar-refractivity contribution in [1.29, 1.82) is 0 Å². The summed E-state index contributed by atoms with van der Waals surface area (Å²) in [4.78, 5) is 24.6. The molecule has 5 nitrogen and oxygen atoms in total. The Morgan fingerprint density at radius 1 is 1.19 bits per heavy atom. The van der Waals surface area contributed by atoms with Crippen LogP contribution in [0.2, 0.25) is 5.02 Å². The highest BCUT2D eigenvalue weighted by Gasteiger charge is 2.23. The van der Waals surface area contributed by atoms with Crippen LogP contribution in [0.15, 0.2) is 53.4 Å². The third kappa shape index (κ3) is 4.60. The van der Waals surface area contributed by atoms with E-state index in [9.17, 15) is 4.79 Å². The van der Waals surface area contributed by atoms with Gasteiger partial charge in [-0.1, -0.05) is 17.7 Å². The predicted molar refractivity (Wildman–Crippen MR) is 131 cm³/mol. The molecule has 0 atom stereocenters. The third-order valence-corrected chi connectivity index (χ3v) is 7.57. The highest BCUT2D eigenvalue weighted by Crippen LogP contribution is 2.42. The molecule has 0 aliphatic heterocycles. The normalized spacial score (nSPS) is 12.7. The number of rotatable bonds is 6. The number of hydrogen-bond acceptors (Lipinski definition) is 6. The van der Waals surface area contributed by atoms with E-state index in [2.05, 4.69) is 5.32 Å². The zero-order chi connectivity index (χ0) is 22.1. The molecule has 5 rings (SSSR count). The Hall–Kier alpha value is -2.61. The number of benzene rings is 2. The lowest BCUT2D eigenvalue weighted by molar-refractivity contribution is -0.114. The SMILES string of the molecule is CC(=O)Nc1cccc(Oc2nc(CSc3ccc(Cl)cc3)nc3sc4c(c23)CCC4)c1. The molecule has 0 radical (unpaired) electrons. The lowest BCUT2D eigenvalue weighted by Crippen LogP contribution is -2.05. The summed E-state index contributed by atoms with van der Waals surface area (Å²) in [6.45, 7) is 1.49. The molecule has 0 bridgehead atoms. The Bertz CT molecular complexity index is 1300. The molecule has 32 heavy (non-hydrogen) atoms. The molecule has 2 aromatic carbocycles. The summed E-state index contributed by atoms with van der Waals surface area (Å²) < 4.78 is 6.28. The van der Waals surface area contributed by atoms with Crippen molar-refractivity contribution in [1.82, 2.24) is 9.97 Å². The van der Waals surface area contributed by atoms with E-state index in [1.807, 2.05) is 48.5 Å². The van der Waals surface area contributed by atoms with Gasteiger partial charge >= 0.3 is 0 Å². The topological polar surface area (TPSA) is 64.1 Å². The molecule has 1 N–H and O–H groups in total. The zero-order valence-corrected chi connectivity index (χ0v) is 19.7. The molecule has 1 aliphatic carbocycles. The van der Waals surface area contributed by atoms with Crippen molar-refractivity contribution >= 4 is 56.5 Å². The van der Waals surface area contributed by atoms with Crippen LogP contribution in [0, 0.1) is 0 Å². The fourth-order valence-corrected chi connectivity index (χ4v) is 5.92. The monoisotopic (exact) mass is 481 g/mol. The van der Waals surface area contributed by atoms with Gasteiger partial charge in [-0.25, -0.2) is 4.98 Å². The molecule has 2 heterocycles. The summed E-state index contributed by atoms with van der Waals surface area (Å²) in [6.07, 6.45) is 3.27. The first-order chi connectivity index (χ1) is 15.5. The van der Waals surface area contributed by atoms with Crippen LogP contribution in [0.1, 0.15) is 29.6 Å². The van der Waals surface area contributed by atoms with Gasteiger partial charge in [-0.3, -0.25) is 4.79 Å². The van der Waals surface area contributed by atoms with Gasteiger partial charge in [0.1, 0.15) is 16.4 Å². The van der Waals surface area contributed by atoms with E-state index in [1.165, 1.54) is 17.4 Å². The van der Waals surface area contributed by atoms with Gasteiger partial charge < -0.3 is 10.1 Å². The first-order valence-electron chi connectivity index (χ1n) is 10.3. The minimum Gasteiger partial charge on any atom is -0.438 e. The molecular weight excluding hydrogens is 462 g/mol. The first-order valence-corrected chi connectivity index (χ1v) is 12.5. The largest absolute Gasteiger partial charge is 0.438 e. The maximum absolute atomic E-state index is 11.4. The number of thiophene rings is 1. The summed E-state index contributed by atoms with van der Waals surface area (Å²) in [7, 11) is 0. The molecule has 0 saturated carbocycles. The Morgan fingerprint density at radius 2 is 2.03 bits per heavy atom. The number of aromatic nitrogens is 2. The van der Waals surface area contributed by atoms with Crippen LogP contribution >= 0.6 is 34.7 Å². The Labute approximate surface area is 199 Å². The van der Waals surface area contributed by atoms with E-state index in [0.717, 1.165) is 45.2 Å². The van der Waals surface area contributed by atoms with E-state index in [4.69, 9.17) is 26.3 Å². The van der Waals surface area contributed by atoms with Crippen molar-refractivity contribution in [2.45, 2.75) is 36.8 Å². The number of halogens is 1. The summed E-state index contributed by atoms with van der Waals surface area (Å²) in [5.41, 5.74) is 2.00. The first kappa shape index (κ1) is 21.2. The second kappa shape index (κ2) is 9.10. The molecule has 0 unspecified atom stereocenters. The van der Waals surface area contributed by atoms with Crippen LogP contribution < -0.4 is 10.1 Å². The van der Waals surface area contributed by atoms with Crippen LogP contribution in [0.5, 0.6) is 11.6 Å². The molecule has 1 aliphatic rings. The van der Waals surface area contributed by atoms with Gasteiger partial charge in [-0.15, -0.1) is 23.1 Å². The molecular formula is C24H20ClN3O2S2. The predicted octanol–water partition coefficient (Wildman–Crippen LogP) is 6.88. The number of aryl methyl sites for hydroxylation is 2. The smallest absolute Gasteiger partial charge is 0.231 e. The number of thioether (sulfide) groups is 1. The summed E-state index contributed by atoms with van der Waals surface area (Å²) >= 11 is 9.40. The highest BCUT2D eigenvalue weighted by atomic mass is 35.5. The van der Waals surface area contributed by atoms with E-state index in [1.54, 1.807) is 23.1 Å². The van der Waals surface area contributed by atoms with Crippen LogP contribution in [0.3, 0.4) is 0 Å². The Morgan fingerprint density at radius 3 is 2.84 bits per heavy atom. The average Bonchev–Trinajstić information content (AvgIpc) is 3.34. The van der Waals surface area contributed by atoms with Crippen LogP contribution in [-0.2, 0) is 23.4 Å². The van der Waals surface area contributed by atoms with Crippen molar-refractivity contribution in [3.63, 3.8) is 0 Å². The summed E-state index contributed by atoms with van der Waals surface area (Å²) in [5, 5.41) is 4.54. The second-order valence-corrected chi connectivity index (χ2v) is 10.1. The summed E-state index contributed by atoms with van der Waals surface area (Å²) in [5.74, 6) is 2.45. The van der Waals surface area contributed by atoms with E-state index in [-0.39, 0.29) is 5.91 Å². The van der Waals surface area contributed by atoms with Gasteiger partial charge in [0.05, 0.1) is 11.1 Å². The average molecular weight is 482 g/mol. The number of ether oxygens (including phenoxy) is 1. The molecule has 8 heteroatoms. The van der Waals surface area contributed by atoms with Gasteiger partial charge in [0.2, 0.25) is 11.8 Å². The molecule has 0 spiro atoms. The number of anilines is 1. The van der Waals surface area contributed by atoms with Crippen molar-refractivity contribution in [3.05, 3.63) is 69.8 Å².